The fourth-order valence-corrected chi connectivity index (χ4v) is 5.89. The van der Waals surface area contributed by atoms with Crippen molar-refractivity contribution in [3.8, 4) is 0 Å². The number of carbonyl (C=O) groups is 1. The minimum Gasteiger partial charge on any atom is -0.381 e. The number of nitrogens with zero attached hydrogens (tertiary/aromatic N) is 5. The Morgan fingerprint density at radius 3 is 2.71 bits per heavy atom. The van der Waals surface area contributed by atoms with Gasteiger partial charge in [0.25, 0.3) is 11.5 Å². The molecule has 2 fully saturated rings. The van der Waals surface area contributed by atoms with Crippen molar-refractivity contribution in [3.63, 3.8) is 0 Å². The molecule has 0 unspecified atom stereocenters. The van der Waals surface area contributed by atoms with Gasteiger partial charge in [0, 0.05) is 62.6 Å². The molecular formula is C29H34N6O3. The number of benzene rings is 1. The van der Waals surface area contributed by atoms with Crippen molar-refractivity contribution in [1.82, 2.24) is 29.5 Å². The number of aromatic amines is 1. The molecule has 38 heavy (non-hydrogen) atoms. The van der Waals surface area contributed by atoms with Crippen molar-refractivity contribution in [3.05, 3.63) is 69.4 Å². The summed E-state index contributed by atoms with van der Waals surface area (Å²) in [6, 6.07) is 8.32. The number of rotatable bonds is 4. The van der Waals surface area contributed by atoms with Gasteiger partial charge in [-0.3, -0.25) is 24.2 Å². The van der Waals surface area contributed by atoms with Gasteiger partial charge in [0.1, 0.15) is 0 Å². The van der Waals surface area contributed by atoms with Crippen LogP contribution in [0.2, 0.25) is 0 Å². The van der Waals surface area contributed by atoms with E-state index >= 15 is 0 Å². The van der Waals surface area contributed by atoms with E-state index in [1.54, 1.807) is 6.20 Å². The monoisotopic (exact) mass is 514 g/mol. The van der Waals surface area contributed by atoms with Crippen molar-refractivity contribution >= 4 is 27.7 Å². The Bertz CT molecular complexity index is 1570. The zero-order chi connectivity index (χ0) is 26.4. The fraction of sp³-hybridized carbons (Fsp3) is 0.448. The predicted octanol–water partition coefficient (Wildman–Crippen LogP) is 3.59. The summed E-state index contributed by atoms with van der Waals surface area (Å²) >= 11 is 0. The molecule has 9 heteroatoms. The van der Waals surface area contributed by atoms with Gasteiger partial charge < -0.3 is 14.6 Å². The molecule has 6 rings (SSSR count). The van der Waals surface area contributed by atoms with Gasteiger partial charge in [-0.25, -0.2) is 0 Å². The number of carbonyl (C=O) groups excluding carboxylic acids is 1. The molecule has 0 bridgehead atoms. The summed E-state index contributed by atoms with van der Waals surface area (Å²) in [7, 11) is 0. The van der Waals surface area contributed by atoms with Crippen molar-refractivity contribution < 1.29 is 9.53 Å². The van der Waals surface area contributed by atoms with Crippen LogP contribution in [0.1, 0.15) is 53.0 Å². The number of fused-ring (bicyclic) bond motifs is 3. The maximum Gasteiger partial charge on any atom is 0.259 e. The Morgan fingerprint density at radius 2 is 1.95 bits per heavy atom. The largest absolute Gasteiger partial charge is 0.381 e. The Balaban J connectivity index is 1.31. The highest BCUT2D eigenvalue weighted by Crippen LogP contribution is 2.30. The molecule has 2 aliphatic rings. The Labute approximate surface area is 221 Å². The smallest absolute Gasteiger partial charge is 0.259 e. The first-order chi connectivity index (χ1) is 18.4. The summed E-state index contributed by atoms with van der Waals surface area (Å²) in [6.45, 7) is 10.5. The second-order valence-electron chi connectivity index (χ2n) is 10.7. The third-order valence-corrected chi connectivity index (χ3v) is 8.20. The Hall–Kier alpha value is -3.56. The maximum absolute atomic E-state index is 13.8. The van der Waals surface area contributed by atoms with E-state index in [1.165, 1.54) is 5.56 Å². The van der Waals surface area contributed by atoms with Crippen molar-refractivity contribution in [1.29, 1.82) is 0 Å². The van der Waals surface area contributed by atoms with Crippen LogP contribution in [0.4, 0.5) is 0 Å². The number of H-pyrrole nitrogens is 1. The number of pyridine rings is 2. The molecule has 5 heterocycles. The minimum atomic E-state index is -0.155. The predicted molar refractivity (Wildman–Crippen MR) is 146 cm³/mol. The van der Waals surface area contributed by atoms with Crippen LogP contribution in [0, 0.1) is 13.8 Å². The van der Waals surface area contributed by atoms with Crippen LogP contribution >= 0.6 is 0 Å². The number of nitrogens with one attached hydrogen (secondary N) is 1. The van der Waals surface area contributed by atoms with Gasteiger partial charge >= 0.3 is 0 Å². The zero-order valence-corrected chi connectivity index (χ0v) is 22.2. The highest BCUT2D eigenvalue weighted by molar-refractivity contribution is 6.07. The highest BCUT2D eigenvalue weighted by Gasteiger charge is 2.29. The fourth-order valence-electron chi connectivity index (χ4n) is 5.89. The SMILES string of the molecule is Cc1cc2[nH]c(=O)c3cnn(C4CCOCC4)c3c2cc1C(=O)N1CCN(Cc2ncccc2C)[C@@H](C)C1. The number of hydrogen-bond acceptors (Lipinski definition) is 6. The van der Waals surface area contributed by atoms with Crippen molar-refractivity contribution in [2.75, 3.05) is 32.8 Å². The number of hydrogen-bond donors (Lipinski definition) is 1. The van der Waals surface area contributed by atoms with Crippen LogP contribution in [0.5, 0.6) is 0 Å². The summed E-state index contributed by atoms with van der Waals surface area (Å²) in [5, 5.41) is 6.02. The minimum absolute atomic E-state index is 0.0291. The topological polar surface area (TPSA) is 96.3 Å². The van der Waals surface area contributed by atoms with Crippen LogP contribution < -0.4 is 5.56 Å². The summed E-state index contributed by atoms with van der Waals surface area (Å²) in [4.78, 5) is 38.6. The van der Waals surface area contributed by atoms with Crippen LogP contribution in [-0.4, -0.2) is 74.3 Å². The van der Waals surface area contributed by atoms with Crippen LogP contribution in [0.25, 0.3) is 21.8 Å². The molecule has 0 saturated carbocycles. The van der Waals surface area contributed by atoms with E-state index in [9.17, 15) is 9.59 Å². The molecule has 2 aliphatic heterocycles. The molecule has 1 atom stereocenters. The third-order valence-electron chi connectivity index (χ3n) is 8.20. The molecule has 9 nitrogen and oxygen atoms in total. The number of aromatic nitrogens is 4. The van der Waals surface area contributed by atoms with Gasteiger partial charge in [-0.2, -0.15) is 5.10 Å². The molecule has 198 valence electrons. The molecule has 1 aromatic carbocycles. The average molecular weight is 515 g/mol. The normalized spacial score (nSPS) is 19.4. The van der Waals surface area contributed by atoms with Gasteiger partial charge in [-0.1, -0.05) is 6.07 Å². The lowest BCUT2D eigenvalue weighted by molar-refractivity contribution is 0.0491. The molecular weight excluding hydrogens is 480 g/mol. The molecule has 0 aliphatic carbocycles. The molecule has 4 aromatic rings. The quantitative estimate of drug-likeness (QED) is 0.447. The average Bonchev–Trinajstić information content (AvgIpc) is 3.37. The number of piperazine rings is 1. The van der Waals surface area contributed by atoms with Crippen LogP contribution in [0.3, 0.4) is 0 Å². The summed E-state index contributed by atoms with van der Waals surface area (Å²) < 4.78 is 7.52. The van der Waals surface area contributed by atoms with E-state index in [-0.39, 0.29) is 23.6 Å². The second-order valence-corrected chi connectivity index (χ2v) is 10.7. The molecule has 0 radical (unpaired) electrons. The van der Waals surface area contributed by atoms with E-state index in [2.05, 4.69) is 39.9 Å². The number of aryl methyl sites for hydroxylation is 2. The number of ether oxygens (including phenoxy) is 1. The highest BCUT2D eigenvalue weighted by atomic mass is 16.5. The van der Waals surface area contributed by atoms with Crippen molar-refractivity contribution in [2.45, 2.75) is 52.2 Å². The number of amides is 1. The third kappa shape index (κ3) is 4.39. The van der Waals surface area contributed by atoms with Crippen LogP contribution in [0.15, 0.2) is 41.5 Å². The van der Waals surface area contributed by atoms with Gasteiger partial charge in [-0.05, 0) is 62.9 Å². The summed E-state index contributed by atoms with van der Waals surface area (Å²) in [5.74, 6) is 0.0291. The van der Waals surface area contributed by atoms with Gasteiger partial charge in [0.2, 0.25) is 0 Å². The van der Waals surface area contributed by atoms with Gasteiger partial charge in [0.05, 0.1) is 34.4 Å². The maximum atomic E-state index is 13.8. The summed E-state index contributed by atoms with van der Waals surface area (Å²) in [5.41, 5.74) is 5.18. The van der Waals surface area contributed by atoms with Gasteiger partial charge in [-0.15, -0.1) is 0 Å². The first-order valence-corrected chi connectivity index (χ1v) is 13.5. The van der Waals surface area contributed by atoms with E-state index in [4.69, 9.17) is 4.74 Å². The second kappa shape index (κ2) is 9.96. The molecule has 2 saturated heterocycles. The van der Waals surface area contributed by atoms with Crippen molar-refractivity contribution in [2.24, 2.45) is 0 Å². The Kier molecular flexibility index (Phi) is 6.49. The van der Waals surface area contributed by atoms with E-state index in [0.29, 0.717) is 37.3 Å². The van der Waals surface area contributed by atoms with E-state index in [1.807, 2.05) is 40.9 Å². The van der Waals surface area contributed by atoms with E-state index in [0.717, 1.165) is 53.6 Å². The Morgan fingerprint density at radius 1 is 1.13 bits per heavy atom. The lowest BCUT2D eigenvalue weighted by Gasteiger charge is -2.40. The van der Waals surface area contributed by atoms with E-state index < -0.39 is 0 Å². The first-order valence-electron chi connectivity index (χ1n) is 13.5. The molecule has 0 spiro atoms. The van der Waals surface area contributed by atoms with Gasteiger partial charge in [0.15, 0.2) is 0 Å². The molecule has 1 amide bonds. The molecule has 3 aromatic heterocycles. The molecule has 1 N–H and O–H groups in total. The zero-order valence-electron chi connectivity index (χ0n) is 22.2. The van der Waals surface area contributed by atoms with Crippen LogP contribution in [-0.2, 0) is 11.3 Å². The standard InChI is InChI=1S/C29H34N6O3/c1-18-5-4-8-30-26(18)17-33-9-10-34(16-20(33)3)29(37)22-14-23-25(13-19(22)2)32-28(36)24-15-31-35(27(23)24)21-6-11-38-12-7-21/h4-5,8,13-15,20-21H,6-7,9-12,16-17H2,1-3H3,(H,32,36)/t20-/m0/s1. The first kappa shape index (κ1) is 24.8. The summed E-state index contributed by atoms with van der Waals surface area (Å²) in [6.07, 6.45) is 5.19. The lowest BCUT2D eigenvalue weighted by Crippen LogP contribution is -2.53. The lowest BCUT2D eigenvalue weighted by atomic mass is 10.0.